The van der Waals surface area contributed by atoms with Crippen molar-refractivity contribution in [1.82, 2.24) is 0 Å². The van der Waals surface area contributed by atoms with Gasteiger partial charge in [-0.15, -0.1) is 0 Å². The average molecular weight is 279 g/mol. The van der Waals surface area contributed by atoms with Crippen molar-refractivity contribution in [2.45, 2.75) is 24.2 Å². The minimum Gasteiger partial charge on any atom is -0.303 e. The standard InChI is InChI=1S/C11H12ClFO3S/c1-7(3-4-14)8-5-9(12)11(10(13)6-8)17(2,15)16/h4-7H,3H2,1-2H3. The van der Waals surface area contributed by atoms with E-state index in [0.29, 0.717) is 5.56 Å². The van der Waals surface area contributed by atoms with Crippen LogP contribution in [0.15, 0.2) is 17.0 Å². The fourth-order valence-electron chi connectivity index (χ4n) is 1.50. The summed E-state index contributed by atoms with van der Waals surface area (Å²) in [5.41, 5.74) is 0.506. The van der Waals surface area contributed by atoms with E-state index in [4.69, 9.17) is 11.6 Å². The number of hydrogen-bond acceptors (Lipinski definition) is 3. The summed E-state index contributed by atoms with van der Waals surface area (Å²) in [6.45, 7) is 1.74. The van der Waals surface area contributed by atoms with E-state index < -0.39 is 20.5 Å². The minimum absolute atomic E-state index is 0.153. The zero-order valence-electron chi connectivity index (χ0n) is 9.41. The molecule has 0 amide bonds. The van der Waals surface area contributed by atoms with Crippen LogP contribution < -0.4 is 0 Å². The number of halogens is 2. The molecule has 0 aliphatic carbocycles. The summed E-state index contributed by atoms with van der Waals surface area (Å²) in [4.78, 5) is 9.86. The number of benzene rings is 1. The van der Waals surface area contributed by atoms with Crippen LogP contribution in [0.25, 0.3) is 0 Å². The Bertz CT molecular complexity index is 517. The second-order valence-electron chi connectivity index (χ2n) is 3.89. The van der Waals surface area contributed by atoms with Crippen molar-refractivity contribution in [3.8, 4) is 0 Å². The van der Waals surface area contributed by atoms with Gasteiger partial charge in [-0.3, -0.25) is 0 Å². The molecule has 0 saturated heterocycles. The molecule has 17 heavy (non-hydrogen) atoms. The Kier molecular flexibility index (Phi) is 4.27. The van der Waals surface area contributed by atoms with Crippen molar-refractivity contribution in [3.63, 3.8) is 0 Å². The summed E-state index contributed by atoms with van der Waals surface area (Å²) >= 11 is 5.76. The number of hydrogen-bond donors (Lipinski definition) is 0. The molecule has 0 radical (unpaired) electrons. The third-order valence-corrected chi connectivity index (χ3v) is 3.98. The maximum absolute atomic E-state index is 13.7. The summed E-state index contributed by atoms with van der Waals surface area (Å²) in [7, 11) is -3.70. The van der Waals surface area contributed by atoms with E-state index in [-0.39, 0.29) is 17.4 Å². The molecule has 0 fully saturated rings. The van der Waals surface area contributed by atoms with Gasteiger partial charge in [-0.25, -0.2) is 12.8 Å². The number of carbonyl (C=O) groups excluding carboxylic acids is 1. The summed E-state index contributed by atoms with van der Waals surface area (Å²) < 4.78 is 36.3. The zero-order chi connectivity index (χ0) is 13.2. The van der Waals surface area contributed by atoms with Crippen LogP contribution in [0.1, 0.15) is 24.8 Å². The molecule has 0 N–H and O–H groups in total. The number of sulfone groups is 1. The smallest absolute Gasteiger partial charge is 0.179 e. The van der Waals surface area contributed by atoms with E-state index in [1.54, 1.807) is 6.92 Å². The van der Waals surface area contributed by atoms with E-state index in [9.17, 15) is 17.6 Å². The lowest BCUT2D eigenvalue weighted by molar-refractivity contribution is -0.108. The lowest BCUT2D eigenvalue weighted by Gasteiger charge is -2.11. The normalized spacial score (nSPS) is 13.4. The molecule has 1 aromatic carbocycles. The highest BCUT2D eigenvalue weighted by molar-refractivity contribution is 7.90. The van der Waals surface area contributed by atoms with Crippen molar-refractivity contribution in [3.05, 3.63) is 28.5 Å². The van der Waals surface area contributed by atoms with Crippen LogP contribution in [0.3, 0.4) is 0 Å². The quantitative estimate of drug-likeness (QED) is 0.796. The summed E-state index contributed by atoms with van der Waals surface area (Å²) in [5, 5.41) is -0.153. The fraction of sp³-hybridized carbons (Fsp3) is 0.364. The van der Waals surface area contributed by atoms with Crippen LogP contribution in [0, 0.1) is 5.82 Å². The van der Waals surface area contributed by atoms with Crippen molar-refractivity contribution in [2.24, 2.45) is 0 Å². The SMILES string of the molecule is CC(CC=O)c1cc(F)c(S(C)(=O)=O)c(Cl)c1. The summed E-state index contributed by atoms with van der Waals surface area (Å²) in [6.07, 6.45) is 1.85. The monoisotopic (exact) mass is 278 g/mol. The van der Waals surface area contributed by atoms with Gasteiger partial charge >= 0.3 is 0 Å². The molecule has 0 saturated carbocycles. The topological polar surface area (TPSA) is 51.2 Å². The molecule has 1 atom stereocenters. The molecule has 0 aliphatic rings. The van der Waals surface area contributed by atoms with Gasteiger partial charge < -0.3 is 4.79 Å². The van der Waals surface area contributed by atoms with Gasteiger partial charge in [0.25, 0.3) is 0 Å². The summed E-state index contributed by atoms with van der Waals surface area (Å²) in [5.74, 6) is -1.08. The Morgan fingerprint density at radius 3 is 2.47 bits per heavy atom. The van der Waals surface area contributed by atoms with Crippen molar-refractivity contribution < 1.29 is 17.6 Å². The molecular weight excluding hydrogens is 267 g/mol. The van der Waals surface area contributed by atoms with Gasteiger partial charge in [0.2, 0.25) is 0 Å². The van der Waals surface area contributed by atoms with E-state index in [1.807, 2.05) is 0 Å². The molecule has 0 bridgehead atoms. The van der Waals surface area contributed by atoms with Crippen LogP contribution in [0.2, 0.25) is 5.02 Å². The van der Waals surface area contributed by atoms with Gasteiger partial charge in [-0.05, 0) is 23.6 Å². The Hall–Kier alpha value is -0.940. The summed E-state index contributed by atoms with van der Waals surface area (Å²) in [6, 6.07) is 2.49. The lowest BCUT2D eigenvalue weighted by Crippen LogP contribution is -2.04. The van der Waals surface area contributed by atoms with E-state index in [0.717, 1.165) is 18.6 Å². The maximum Gasteiger partial charge on any atom is 0.179 e. The Morgan fingerprint density at radius 2 is 2.06 bits per heavy atom. The van der Waals surface area contributed by atoms with Crippen LogP contribution in [-0.4, -0.2) is 21.0 Å². The van der Waals surface area contributed by atoms with E-state index >= 15 is 0 Å². The van der Waals surface area contributed by atoms with Gasteiger partial charge in [0.1, 0.15) is 17.0 Å². The fourth-order valence-corrected chi connectivity index (χ4v) is 2.96. The number of carbonyl (C=O) groups is 1. The molecule has 0 heterocycles. The van der Waals surface area contributed by atoms with Crippen LogP contribution in [0.5, 0.6) is 0 Å². The Balaban J connectivity index is 3.33. The van der Waals surface area contributed by atoms with E-state index in [2.05, 4.69) is 0 Å². The van der Waals surface area contributed by atoms with E-state index in [1.165, 1.54) is 6.07 Å². The van der Waals surface area contributed by atoms with Gasteiger partial charge in [0.05, 0.1) is 5.02 Å². The first-order valence-corrected chi connectivity index (χ1v) is 7.17. The highest BCUT2D eigenvalue weighted by atomic mass is 35.5. The highest BCUT2D eigenvalue weighted by Crippen LogP contribution is 2.29. The third-order valence-electron chi connectivity index (χ3n) is 2.41. The van der Waals surface area contributed by atoms with Gasteiger partial charge in [-0.2, -0.15) is 0 Å². The predicted molar refractivity (Wildman–Crippen MR) is 63.6 cm³/mol. The first kappa shape index (κ1) is 14.1. The lowest BCUT2D eigenvalue weighted by atomic mass is 9.98. The highest BCUT2D eigenvalue weighted by Gasteiger charge is 2.20. The molecule has 0 aromatic heterocycles. The van der Waals surface area contributed by atoms with Crippen molar-refractivity contribution >= 4 is 27.7 Å². The molecule has 1 unspecified atom stereocenters. The molecule has 0 spiro atoms. The first-order chi connectivity index (χ1) is 7.77. The van der Waals surface area contributed by atoms with Gasteiger partial charge in [0.15, 0.2) is 9.84 Å². The van der Waals surface area contributed by atoms with Crippen LogP contribution in [0.4, 0.5) is 4.39 Å². The van der Waals surface area contributed by atoms with Gasteiger partial charge in [-0.1, -0.05) is 18.5 Å². The molecular formula is C11H12ClFO3S. The Morgan fingerprint density at radius 1 is 1.47 bits per heavy atom. The van der Waals surface area contributed by atoms with Crippen molar-refractivity contribution in [1.29, 1.82) is 0 Å². The second kappa shape index (κ2) is 5.14. The second-order valence-corrected chi connectivity index (χ2v) is 6.25. The predicted octanol–water partition coefficient (Wildman–Crippen LogP) is 2.58. The first-order valence-electron chi connectivity index (χ1n) is 4.90. The number of aldehydes is 1. The molecule has 6 heteroatoms. The minimum atomic E-state index is -3.70. The molecule has 0 aliphatic heterocycles. The van der Waals surface area contributed by atoms with Crippen LogP contribution in [-0.2, 0) is 14.6 Å². The molecule has 1 aromatic rings. The molecule has 1 rings (SSSR count). The molecule has 3 nitrogen and oxygen atoms in total. The zero-order valence-corrected chi connectivity index (χ0v) is 11.0. The maximum atomic E-state index is 13.7. The molecule has 94 valence electrons. The largest absolute Gasteiger partial charge is 0.303 e. The average Bonchev–Trinajstić information content (AvgIpc) is 2.14. The third kappa shape index (κ3) is 3.26. The Labute approximate surface area is 105 Å². The van der Waals surface area contributed by atoms with Crippen LogP contribution >= 0.6 is 11.6 Å². The van der Waals surface area contributed by atoms with Crippen molar-refractivity contribution in [2.75, 3.05) is 6.26 Å². The van der Waals surface area contributed by atoms with Gasteiger partial charge in [0, 0.05) is 12.7 Å². The number of rotatable bonds is 4.